The minimum Gasteiger partial charge on any atom is -0.381 e. The molecule has 0 unspecified atom stereocenters. The summed E-state index contributed by atoms with van der Waals surface area (Å²) in [5, 5.41) is 6.43. The molecule has 0 amide bonds. The molecule has 0 bridgehead atoms. The molecule has 1 aromatic rings. The number of aryl methyl sites for hydroxylation is 1. The van der Waals surface area contributed by atoms with Gasteiger partial charge in [0.1, 0.15) is 17.5 Å². The third kappa shape index (κ3) is 5.42. The van der Waals surface area contributed by atoms with Crippen molar-refractivity contribution in [3.8, 4) is 0 Å². The molecule has 1 aromatic heterocycles. The molecule has 0 aromatic carbocycles. The Kier molecular flexibility index (Phi) is 7.18. The summed E-state index contributed by atoms with van der Waals surface area (Å²) in [6.07, 6.45) is 3.31. The number of nitrogens with one attached hydrogen (secondary N) is 2. The quantitative estimate of drug-likeness (QED) is 0.673. The fraction of sp³-hybridized carbons (Fsp3) is 0.714. The highest BCUT2D eigenvalue weighted by molar-refractivity contribution is 5.56. The van der Waals surface area contributed by atoms with Gasteiger partial charge in [-0.25, -0.2) is 9.97 Å². The molecular weight excluding hydrogens is 240 g/mol. The molecule has 5 heteroatoms. The van der Waals surface area contributed by atoms with Crippen molar-refractivity contribution in [2.24, 2.45) is 0 Å². The third-order valence-electron chi connectivity index (χ3n) is 2.89. The highest BCUT2D eigenvalue weighted by Gasteiger charge is 2.07. The molecule has 19 heavy (non-hydrogen) atoms. The molecule has 1 heterocycles. The number of rotatable bonds is 9. The third-order valence-corrected chi connectivity index (χ3v) is 2.89. The molecule has 1 rings (SSSR count). The molecule has 0 fully saturated rings. The van der Waals surface area contributed by atoms with Gasteiger partial charge in [-0.1, -0.05) is 13.3 Å². The summed E-state index contributed by atoms with van der Waals surface area (Å²) < 4.78 is 5.53. The second-order valence-electron chi connectivity index (χ2n) is 4.59. The molecular formula is C14H26N4O. The summed E-state index contributed by atoms with van der Waals surface area (Å²) in [6.45, 7) is 8.63. The normalized spacial score (nSPS) is 10.5. The van der Waals surface area contributed by atoms with Crippen LogP contribution >= 0.6 is 0 Å². The van der Waals surface area contributed by atoms with Crippen LogP contribution in [0.5, 0.6) is 0 Å². The number of nitrogens with zero attached hydrogens (tertiary/aromatic N) is 2. The van der Waals surface area contributed by atoms with E-state index in [1.54, 1.807) is 0 Å². The zero-order chi connectivity index (χ0) is 14.1. The predicted molar refractivity (Wildman–Crippen MR) is 79.9 cm³/mol. The number of anilines is 2. The van der Waals surface area contributed by atoms with Crippen LogP contribution in [-0.2, 0) is 4.74 Å². The first-order valence-corrected chi connectivity index (χ1v) is 7.03. The van der Waals surface area contributed by atoms with Crippen molar-refractivity contribution in [1.82, 2.24) is 9.97 Å². The standard InChI is InChI=1S/C14H26N4O/c1-5-6-9-19-10-7-8-16-14-11(2)13(15-4)17-12(3)18-14/h5-10H2,1-4H3,(H2,15,16,17,18). The van der Waals surface area contributed by atoms with E-state index in [4.69, 9.17) is 4.74 Å². The summed E-state index contributed by atoms with van der Waals surface area (Å²) in [6, 6.07) is 0. The lowest BCUT2D eigenvalue weighted by Gasteiger charge is -2.12. The molecule has 0 radical (unpaired) electrons. The largest absolute Gasteiger partial charge is 0.381 e. The van der Waals surface area contributed by atoms with Crippen molar-refractivity contribution >= 4 is 11.6 Å². The van der Waals surface area contributed by atoms with Crippen LogP contribution in [0.25, 0.3) is 0 Å². The van der Waals surface area contributed by atoms with Crippen molar-refractivity contribution in [2.45, 2.75) is 40.0 Å². The Hall–Kier alpha value is -1.36. The lowest BCUT2D eigenvalue weighted by Crippen LogP contribution is -2.11. The first-order valence-electron chi connectivity index (χ1n) is 7.03. The Morgan fingerprint density at radius 2 is 1.74 bits per heavy atom. The molecule has 0 spiro atoms. The molecule has 0 aliphatic heterocycles. The maximum absolute atomic E-state index is 5.53. The van der Waals surface area contributed by atoms with Crippen molar-refractivity contribution in [3.63, 3.8) is 0 Å². The van der Waals surface area contributed by atoms with Gasteiger partial charge in [0.05, 0.1) is 0 Å². The molecule has 0 saturated heterocycles. The van der Waals surface area contributed by atoms with E-state index in [1.807, 2.05) is 20.9 Å². The van der Waals surface area contributed by atoms with Crippen LogP contribution in [0.3, 0.4) is 0 Å². The minimum absolute atomic E-state index is 0.775. The first kappa shape index (κ1) is 15.7. The van der Waals surface area contributed by atoms with Crippen molar-refractivity contribution in [3.05, 3.63) is 11.4 Å². The van der Waals surface area contributed by atoms with E-state index >= 15 is 0 Å². The Labute approximate surface area is 116 Å². The molecule has 5 nitrogen and oxygen atoms in total. The summed E-state index contributed by atoms with van der Waals surface area (Å²) in [4.78, 5) is 8.77. The molecule has 0 saturated carbocycles. The predicted octanol–water partition coefficient (Wildman–Crippen LogP) is 2.75. The van der Waals surface area contributed by atoms with Crippen LogP contribution in [0.4, 0.5) is 11.6 Å². The summed E-state index contributed by atoms with van der Waals surface area (Å²) in [5.74, 6) is 2.57. The zero-order valence-corrected chi connectivity index (χ0v) is 12.5. The van der Waals surface area contributed by atoms with Crippen molar-refractivity contribution in [1.29, 1.82) is 0 Å². The van der Waals surface area contributed by atoms with E-state index in [0.717, 1.165) is 55.6 Å². The average Bonchev–Trinajstić information content (AvgIpc) is 2.41. The summed E-state index contributed by atoms with van der Waals surface area (Å²) in [5.41, 5.74) is 1.06. The Morgan fingerprint density at radius 1 is 1.05 bits per heavy atom. The van der Waals surface area contributed by atoms with Gasteiger partial charge >= 0.3 is 0 Å². The Balaban J connectivity index is 2.35. The molecule has 108 valence electrons. The summed E-state index contributed by atoms with van der Waals surface area (Å²) in [7, 11) is 1.88. The topological polar surface area (TPSA) is 59.1 Å². The van der Waals surface area contributed by atoms with Gasteiger partial charge in [-0.2, -0.15) is 0 Å². The second-order valence-corrected chi connectivity index (χ2v) is 4.59. The van der Waals surface area contributed by atoms with Crippen LogP contribution in [0, 0.1) is 13.8 Å². The van der Waals surface area contributed by atoms with Gasteiger partial charge in [0.2, 0.25) is 0 Å². The minimum atomic E-state index is 0.775. The number of aromatic nitrogens is 2. The maximum Gasteiger partial charge on any atom is 0.134 e. The van der Waals surface area contributed by atoms with Gasteiger partial charge in [-0.05, 0) is 26.7 Å². The van der Waals surface area contributed by atoms with E-state index in [-0.39, 0.29) is 0 Å². The number of hydrogen-bond acceptors (Lipinski definition) is 5. The van der Waals surface area contributed by atoms with Gasteiger partial charge in [0.25, 0.3) is 0 Å². The fourth-order valence-corrected chi connectivity index (χ4v) is 1.77. The molecule has 0 atom stereocenters. The maximum atomic E-state index is 5.53. The van der Waals surface area contributed by atoms with Gasteiger partial charge in [-0.15, -0.1) is 0 Å². The summed E-state index contributed by atoms with van der Waals surface area (Å²) >= 11 is 0. The molecule has 0 aliphatic carbocycles. The zero-order valence-electron chi connectivity index (χ0n) is 12.5. The van der Waals surface area contributed by atoms with Crippen molar-refractivity contribution in [2.75, 3.05) is 37.4 Å². The van der Waals surface area contributed by atoms with Crippen LogP contribution in [0.15, 0.2) is 0 Å². The number of unbranched alkanes of at least 4 members (excludes halogenated alkanes) is 1. The monoisotopic (exact) mass is 266 g/mol. The average molecular weight is 266 g/mol. The van der Waals surface area contributed by atoms with E-state index in [0.29, 0.717) is 0 Å². The van der Waals surface area contributed by atoms with E-state index in [9.17, 15) is 0 Å². The fourth-order valence-electron chi connectivity index (χ4n) is 1.77. The lowest BCUT2D eigenvalue weighted by atomic mass is 10.3. The van der Waals surface area contributed by atoms with Crippen LogP contribution in [0.1, 0.15) is 37.6 Å². The van der Waals surface area contributed by atoms with E-state index in [1.165, 1.54) is 6.42 Å². The van der Waals surface area contributed by atoms with Gasteiger partial charge in [0, 0.05) is 32.4 Å². The van der Waals surface area contributed by atoms with Gasteiger partial charge in [0.15, 0.2) is 0 Å². The van der Waals surface area contributed by atoms with Gasteiger partial charge < -0.3 is 15.4 Å². The first-order chi connectivity index (χ1) is 9.19. The number of hydrogen-bond donors (Lipinski definition) is 2. The van der Waals surface area contributed by atoms with Crippen LogP contribution in [-0.4, -0.2) is 36.8 Å². The van der Waals surface area contributed by atoms with Crippen LogP contribution in [0.2, 0.25) is 0 Å². The number of ether oxygens (including phenoxy) is 1. The highest BCUT2D eigenvalue weighted by atomic mass is 16.5. The van der Waals surface area contributed by atoms with Gasteiger partial charge in [-0.3, -0.25) is 0 Å². The Morgan fingerprint density at radius 3 is 2.42 bits per heavy atom. The van der Waals surface area contributed by atoms with E-state index in [2.05, 4.69) is 27.5 Å². The van der Waals surface area contributed by atoms with E-state index < -0.39 is 0 Å². The van der Waals surface area contributed by atoms with Crippen molar-refractivity contribution < 1.29 is 4.74 Å². The molecule has 2 N–H and O–H groups in total. The lowest BCUT2D eigenvalue weighted by molar-refractivity contribution is 0.131. The van der Waals surface area contributed by atoms with Crippen LogP contribution < -0.4 is 10.6 Å². The smallest absolute Gasteiger partial charge is 0.134 e. The Bertz CT molecular complexity index is 382. The SMILES string of the molecule is CCCCOCCCNc1nc(C)nc(NC)c1C. The highest BCUT2D eigenvalue weighted by Crippen LogP contribution is 2.18. The second kappa shape index (κ2) is 8.69. The molecule has 0 aliphatic rings.